The van der Waals surface area contributed by atoms with E-state index in [1.165, 1.54) is 6.20 Å². The van der Waals surface area contributed by atoms with E-state index in [4.69, 9.17) is 5.26 Å². The number of benzene rings is 1. The largest absolute Gasteiger partial charge is 0.318 e. The van der Waals surface area contributed by atoms with Crippen LogP contribution in [0.5, 0.6) is 0 Å². The van der Waals surface area contributed by atoms with Gasteiger partial charge in [-0.1, -0.05) is 6.07 Å². The standard InChI is InChI=1S/C15H12N4O2/c1-10-3-2-8-17-13(10)19-15(21)14(20)18-12-6-4-11(9-16)5-7-12/h2-8H,1H3,(H,18,20)(H,17,19,21). The van der Waals surface area contributed by atoms with Gasteiger partial charge < -0.3 is 10.6 Å². The molecule has 0 bridgehead atoms. The molecule has 0 saturated heterocycles. The third-order valence-electron chi connectivity index (χ3n) is 2.72. The van der Waals surface area contributed by atoms with Crippen LogP contribution in [0.3, 0.4) is 0 Å². The van der Waals surface area contributed by atoms with Crippen LogP contribution in [0.25, 0.3) is 0 Å². The fourth-order valence-corrected chi connectivity index (χ4v) is 1.60. The third kappa shape index (κ3) is 3.64. The minimum atomic E-state index is -0.804. The summed E-state index contributed by atoms with van der Waals surface area (Å²) in [6, 6.07) is 11.7. The average molecular weight is 280 g/mol. The molecule has 6 heteroatoms. The molecule has 0 aliphatic heterocycles. The highest BCUT2D eigenvalue weighted by atomic mass is 16.2. The lowest BCUT2D eigenvalue weighted by Gasteiger charge is -2.07. The second kappa shape index (κ2) is 6.30. The summed E-state index contributed by atoms with van der Waals surface area (Å²) < 4.78 is 0. The van der Waals surface area contributed by atoms with Gasteiger partial charge in [-0.15, -0.1) is 0 Å². The second-order valence-electron chi connectivity index (χ2n) is 4.27. The van der Waals surface area contributed by atoms with Crippen molar-refractivity contribution in [3.05, 3.63) is 53.7 Å². The van der Waals surface area contributed by atoms with E-state index in [0.717, 1.165) is 5.56 Å². The fraction of sp³-hybridized carbons (Fsp3) is 0.0667. The molecule has 21 heavy (non-hydrogen) atoms. The van der Waals surface area contributed by atoms with Crippen molar-refractivity contribution in [2.75, 3.05) is 10.6 Å². The van der Waals surface area contributed by atoms with Gasteiger partial charge in [0.15, 0.2) is 0 Å². The van der Waals surface area contributed by atoms with Gasteiger partial charge in [0.25, 0.3) is 0 Å². The Morgan fingerprint density at radius 2 is 1.76 bits per heavy atom. The summed E-state index contributed by atoms with van der Waals surface area (Å²) in [5.41, 5.74) is 1.67. The SMILES string of the molecule is Cc1cccnc1NC(=O)C(=O)Nc1ccc(C#N)cc1. The summed E-state index contributed by atoms with van der Waals surface area (Å²) >= 11 is 0. The van der Waals surface area contributed by atoms with Crippen LogP contribution in [0, 0.1) is 18.3 Å². The molecule has 0 unspecified atom stereocenters. The van der Waals surface area contributed by atoms with E-state index in [1.54, 1.807) is 43.3 Å². The van der Waals surface area contributed by atoms with E-state index >= 15 is 0 Å². The molecule has 2 aromatic rings. The van der Waals surface area contributed by atoms with Crippen LogP contribution >= 0.6 is 0 Å². The van der Waals surface area contributed by atoms with Gasteiger partial charge in [-0.25, -0.2) is 4.98 Å². The predicted octanol–water partition coefficient (Wildman–Crippen LogP) is 1.84. The predicted molar refractivity (Wildman–Crippen MR) is 77.4 cm³/mol. The highest BCUT2D eigenvalue weighted by Crippen LogP contribution is 2.11. The highest BCUT2D eigenvalue weighted by molar-refractivity contribution is 6.43. The van der Waals surface area contributed by atoms with Crippen molar-refractivity contribution in [2.45, 2.75) is 6.92 Å². The summed E-state index contributed by atoms with van der Waals surface area (Å²) in [4.78, 5) is 27.5. The molecule has 0 fully saturated rings. The van der Waals surface area contributed by atoms with Gasteiger partial charge in [-0.2, -0.15) is 5.26 Å². The molecule has 6 nitrogen and oxygen atoms in total. The van der Waals surface area contributed by atoms with Crippen LogP contribution in [0.1, 0.15) is 11.1 Å². The third-order valence-corrected chi connectivity index (χ3v) is 2.72. The number of amides is 2. The van der Waals surface area contributed by atoms with Crippen molar-refractivity contribution < 1.29 is 9.59 Å². The summed E-state index contributed by atoms with van der Waals surface area (Å²) in [7, 11) is 0. The maximum atomic E-state index is 11.8. The molecular weight excluding hydrogens is 268 g/mol. The molecule has 2 N–H and O–H groups in total. The lowest BCUT2D eigenvalue weighted by molar-refractivity contribution is -0.133. The maximum Gasteiger partial charge on any atom is 0.315 e. The number of nitrogens with zero attached hydrogens (tertiary/aromatic N) is 2. The van der Waals surface area contributed by atoms with Gasteiger partial charge in [-0.05, 0) is 42.8 Å². The van der Waals surface area contributed by atoms with E-state index in [-0.39, 0.29) is 0 Å². The molecule has 2 amide bonds. The van der Waals surface area contributed by atoms with Crippen molar-refractivity contribution >= 4 is 23.3 Å². The van der Waals surface area contributed by atoms with Crippen LogP contribution in [-0.4, -0.2) is 16.8 Å². The quantitative estimate of drug-likeness (QED) is 0.820. The lowest BCUT2D eigenvalue weighted by Crippen LogP contribution is -2.29. The van der Waals surface area contributed by atoms with Crippen LogP contribution in [0.15, 0.2) is 42.6 Å². The number of hydrogen-bond acceptors (Lipinski definition) is 4. The second-order valence-corrected chi connectivity index (χ2v) is 4.27. The number of nitriles is 1. The van der Waals surface area contributed by atoms with E-state index < -0.39 is 11.8 Å². The van der Waals surface area contributed by atoms with E-state index in [2.05, 4.69) is 15.6 Å². The Morgan fingerprint density at radius 1 is 1.10 bits per heavy atom. The van der Waals surface area contributed by atoms with Gasteiger partial charge in [0.1, 0.15) is 5.82 Å². The van der Waals surface area contributed by atoms with Crippen molar-refractivity contribution in [3.63, 3.8) is 0 Å². The number of aryl methyl sites for hydroxylation is 1. The number of nitrogens with one attached hydrogen (secondary N) is 2. The molecule has 0 aliphatic carbocycles. The Labute approximate surface area is 121 Å². The molecular formula is C15H12N4O2. The Balaban J connectivity index is 2.01. The van der Waals surface area contributed by atoms with E-state index in [9.17, 15) is 9.59 Å². The molecule has 1 aromatic heterocycles. The molecule has 1 heterocycles. The fourth-order valence-electron chi connectivity index (χ4n) is 1.60. The Hall–Kier alpha value is -3.20. The molecule has 2 rings (SSSR count). The van der Waals surface area contributed by atoms with Crippen LogP contribution < -0.4 is 10.6 Å². The zero-order valence-corrected chi connectivity index (χ0v) is 11.3. The molecule has 104 valence electrons. The smallest absolute Gasteiger partial charge is 0.315 e. The number of anilines is 2. The summed E-state index contributed by atoms with van der Waals surface area (Å²) in [5, 5.41) is 13.6. The minimum absolute atomic E-state index is 0.345. The number of aromatic nitrogens is 1. The van der Waals surface area contributed by atoms with Crippen molar-refractivity contribution in [1.82, 2.24) is 4.98 Å². The van der Waals surface area contributed by atoms with Crippen LogP contribution in [0.4, 0.5) is 11.5 Å². The monoisotopic (exact) mass is 280 g/mol. The lowest BCUT2D eigenvalue weighted by atomic mass is 10.2. The van der Waals surface area contributed by atoms with Gasteiger partial charge in [-0.3, -0.25) is 9.59 Å². The first-order valence-corrected chi connectivity index (χ1v) is 6.14. The maximum absolute atomic E-state index is 11.8. The van der Waals surface area contributed by atoms with Gasteiger partial charge in [0, 0.05) is 11.9 Å². The van der Waals surface area contributed by atoms with Crippen molar-refractivity contribution in [2.24, 2.45) is 0 Å². The van der Waals surface area contributed by atoms with Crippen molar-refractivity contribution in [3.8, 4) is 6.07 Å². The van der Waals surface area contributed by atoms with E-state index in [1.807, 2.05) is 6.07 Å². The molecule has 0 radical (unpaired) electrons. The van der Waals surface area contributed by atoms with Gasteiger partial charge in [0.05, 0.1) is 11.6 Å². The first kappa shape index (κ1) is 14.2. The number of hydrogen-bond donors (Lipinski definition) is 2. The van der Waals surface area contributed by atoms with Crippen molar-refractivity contribution in [1.29, 1.82) is 5.26 Å². The Kier molecular flexibility index (Phi) is 4.26. The number of rotatable bonds is 2. The van der Waals surface area contributed by atoms with E-state index in [0.29, 0.717) is 17.1 Å². The molecule has 0 spiro atoms. The summed E-state index contributed by atoms with van der Waals surface area (Å²) in [6.45, 7) is 1.78. The zero-order chi connectivity index (χ0) is 15.2. The first-order valence-electron chi connectivity index (χ1n) is 6.14. The number of carbonyl (C=O) groups is 2. The molecule has 0 saturated carbocycles. The van der Waals surface area contributed by atoms with Crippen LogP contribution in [-0.2, 0) is 9.59 Å². The van der Waals surface area contributed by atoms with Gasteiger partial charge in [0.2, 0.25) is 0 Å². The summed E-state index contributed by atoms with van der Waals surface area (Å²) in [5.74, 6) is -1.26. The summed E-state index contributed by atoms with van der Waals surface area (Å²) in [6.07, 6.45) is 1.53. The number of pyridine rings is 1. The average Bonchev–Trinajstić information content (AvgIpc) is 2.50. The molecule has 0 aliphatic rings. The molecule has 1 aromatic carbocycles. The zero-order valence-electron chi connectivity index (χ0n) is 11.3. The first-order chi connectivity index (χ1) is 10.1. The normalized spacial score (nSPS) is 9.52. The molecule has 0 atom stereocenters. The minimum Gasteiger partial charge on any atom is -0.318 e. The highest BCUT2D eigenvalue weighted by Gasteiger charge is 2.15. The topological polar surface area (TPSA) is 94.9 Å². The number of carbonyl (C=O) groups excluding carboxylic acids is 2. The van der Waals surface area contributed by atoms with Crippen LogP contribution in [0.2, 0.25) is 0 Å². The Bertz CT molecular complexity index is 717. The van der Waals surface area contributed by atoms with Gasteiger partial charge >= 0.3 is 11.8 Å². The Morgan fingerprint density at radius 3 is 2.38 bits per heavy atom.